The van der Waals surface area contributed by atoms with Crippen LogP contribution in [0.3, 0.4) is 0 Å². The number of hydrogen-bond acceptors (Lipinski definition) is 3. The first-order valence-electron chi connectivity index (χ1n) is 13.6. The van der Waals surface area contributed by atoms with Gasteiger partial charge in [0.15, 0.2) is 6.79 Å². The van der Waals surface area contributed by atoms with E-state index in [1.807, 2.05) is 7.05 Å². The van der Waals surface area contributed by atoms with Crippen molar-refractivity contribution in [2.45, 2.75) is 71.4 Å². The van der Waals surface area contributed by atoms with E-state index in [9.17, 15) is 0 Å². The Bertz CT molecular complexity index is 1170. The van der Waals surface area contributed by atoms with E-state index in [0.29, 0.717) is 14.5 Å². The molecule has 0 fully saturated rings. The number of ether oxygens (including phenoxy) is 2. The Morgan fingerprint density at radius 3 is 2.27 bits per heavy atom. The van der Waals surface area contributed by atoms with Crippen molar-refractivity contribution >= 4 is 19.6 Å². The van der Waals surface area contributed by atoms with Crippen LogP contribution in [0.25, 0.3) is 0 Å². The lowest BCUT2D eigenvalue weighted by molar-refractivity contribution is 0.0489. The summed E-state index contributed by atoms with van der Waals surface area (Å²) in [5.74, 6) is 1.45. The molecular formula is C33H44NO2P. The molecule has 37 heavy (non-hydrogen) atoms. The molecule has 0 N–H and O–H groups in total. The van der Waals surface area contributed by atoms with Crippen LogP contribution in [0.2, 0.25) is 0 Å². The number of rotatable bonds is 13. The van der Waals surface area contributed by atoms with Crippen LogP contribution in [0, 0.1) is 6.92 Å². The van der Waals surface area contributed by atoms with Crippen molar-refractivity contribution in [3.63, 3.8) is 0 Å². The number of aliphatic imine (C=N–C) groups is 1. The van der Waals surface area contributed by atoms with E-state index in [1.54, 1.807) is 7.11 Å². The average molecular weight is 518 g/mol. The summed E-state index contributed by atoms with van der Waals surface area (Å²) in [6, 6.07) is 23.9. The lowest BCUT2D eigenvalue weighted by atomic mass is 9.86. The Morgan fingerprint density at radius 1 is 0.946 bits per heavy atom. The van der Waals surface area contributed by atoms with Crippen molar-refractivity contribution in [2.75, 3.05) is 21.0 Å². The minimum Gasteiger partial charge on any atom is -0.467 e. The van der Waals surface area contributed by atoms with Crippen LogP contribution in [0.15, 0.2) is 71.7 Å². The predicted octanol–water partition coefficient (Wildman–Crippen LogP) is 8.37. The van der Waals surface area contributed by atoms with E-state index < -0.39 is 0 Å². The van der Waals surface area contributed by atoms with Gasteiger partial charge in [-0.05, 0) is 48.5 Å². The van der Waals surface area contributed by atoms with Crippen LogP contribution >= 0.6 is 8.58 Å². The lowest BCUT2D eigenvalue weighted by Crippen LogP contribution is -2.27. The maximum atomic E-state index is 6.39. The molecule has 3 aromatic rings. The van der Waals surface area contributed by atoms with Gasteiger partial charge in [-0.1, -0.05) is 109 Å². The van der Waals surface area contributed by atoms with Gasteiger partial charge in [-0.15, -0.1) is 0 Å². The highest BCUT2D eigenvalue weighted by Crippen LogP contribution is 2.52. The SMILES string of the molecule is CCCC(C)c1cccc(C(CC)(CC)Pc2c(C)cccc2C(=NC)c2ccccc2)c1OCOC. The van der Waals surface area contributed by atoms with Crippen molar-refractivity contribution in [1.29, 1.82) is 0 Å². The molecular weight excluding hydrogens is 473 g/mol. The first kappa shape index (κ1) is 29.1. The van der Waals surface area contributed by atoms with E-state index in [0.717, 1.165) is 42.7 Å². The Hall–Kier alpha value is -2.48. The van der Waals surface area contributed by atoms with E-state index in [2.05, 4.69) is 101 Å². The summed E-state index contributed by atoms with van der Waals surface area (Å²) in [5, 5.41) is 1.34. The molecule has 0 radical (unpaired) electrons. The minimum atomic E-state index is -0.0541. The second-order valence-corrected chi connectivity index (χ2v) is 11.5. The van der Waals surface area contributed by atoms with Gasteiger partial charge in [0.2, 0.25) is 0 Å². The fraction of sp³-hybridized carbons (Fsp3) is 0.424. The van der Waals surface area contributed by atoms with Crippen molar-refractivity contribution < 1.29 is 9.47 Å². The topological polar surface area (TPSA) is 30.8 Å². The molecule has 0 bridgehead atoms. The molecule has 0 amide bonds. The van der Waals surface area contributed by atoms with Gasteiger partial charge >= 0.3 is 0 Å². The number of nitrogens with zero attached hydrogens (tertiary/aromatic N) is 1. The molecule has 4 heteroatoms. The Kier molecular flexibility index (Phi) is 10.9. The molecule has 198 valence electrons. The summed E-state index contributed by atoms with van der Waals surface area (Å²) in [4.78, 5) is 4.78. The zero-order valence-electron chi connectivity index (χ0n) is 23.7. The summed E-state index contributed by atoms with van der Waals surface area (Å²) in [6.07, 6.45) is 4.33. The quantitative estimate of drug-likeness (QED) is 0.130. The zero-order valence-corrected chi connectivity index (χ0v) is 24.7. The second-order valence-electron chi connectivity index (χ2n) is 9.81. The van der Waals surface area contributed by atoms with Crippen molar-refractivity contribution in [2.24, 2.45) is 4.99 Å². The van der Waals surface area contributed by atoms with Gasteiger partial charge in [-0.25, -0.2) is 0 Å². The standard InChI is InChI=1S/C33H44NO2P/c1-8-16-24(4)27-20-15-22-29(31(27)36-23-35-7)33(9-2,10-3)37-32-25(5)17-14-21-28(32)30(34-6)26-18-12-11-13-19-26/h11-15,17-22,24,37H,8-10,16,23H2,1-7H3. The third-order valence-corrected chi connectivity index (χ3v) is 9.87. The second kappa shape index (κ2) is 13.9. The molecule has 3 rings (SSSR count). The molecule has 0 heterocycles. The molecule has 0 saturated heterocycles. The number of methoxy groups -OCH3 is 1. The Morgan fingerprint density at radius 2 is 1.65 bits per heavy atom. The van der Waals surface area contributed by atoms with E-state index in [4.69, 9.17) is 14.5 Å². The van der Waals surface area contributed by atoms with Gasteiger partial charge in [-0.3, -0.25) is 4.99 Å². The molecule has 0 spiro atoms. The number of para-hydroxylation sites is 1. The molecule has 0 aliphatic rings. The molecule has 2 atom stereocenters. The number of aryl methyl sites for hydroxylation is 1. The van der Waals surface area contributed by atoms with E-state index >= 15 is 0 Å². The highest BCUT2D eigenvalue weighted by Gasteiger charge is 2.35. The highest BCUT2D eigenvalue weighted by atomic mass is 31.1. The molecule has 3 nitrogen and oxygen atoms in total. The van der Waals surface area contributed by atoms with Crippen LogP contribution in [0.1, 0.15) is 87.1 Å². The van der Waals surface area contributed by atoms with Gasteiger partial charge in [-0.2, -0.15) is 0 Å². The van der Waals surface area contributed by atoms with Crippen LogP contribution in [-0.4, -0.2) is 26.7 Å². The minimum absolute atomic E-state index is 0.0541. The smallest absolute Gasteiger partial charge is 0.188 e. The van der Waals surface area contributed by atoms with Crippen LogP contribution in [-0.2, 0) is 9.89 Å². The first-order valence-corrected chi connectivity index (χ1v) is 14.6. The third kappa shape index (κ3) is 6.51. The fourth-order valence-corrected chi connectivity index (χ4v) is 7.11. The molecule has 0 aliphatic carbocycles. The maximum absolute atomic E-state index is 6.39. The van der Waals surface area contributed by atoms with Gasteiger partial charge in [0, 0.05) is 36.0 Å². The molecule has 3 aromatic carbocycles. The summed E-state index contributed by atoms with van der Waals surface area (Å²) in [6.45, 7) is 11.7. The zero-order chi connectivity index (χ0) is 26.8. The van der Waals surface area contributed by atoms with E-state index in [1.165, 1.54) is 27.6 Å². The molecule has 0 aromatic heterocycles. The summed E-state index contributed by atoms with van der Waals surface area (Å²) in [5.41, 5.74) is 7.34. The summed E-state index contributed by atoms with van der Waals surface area (Å²) >= 11 is 0. The fourth-order valence-electron chi connectivity index (χ4n) is 5.33. The van der Waals surface area contributed by atoms with Crippen LogP contribution in [0.5, 0.6) is 5.75 Å². The van der Waals surface area contributed by atoms with Crippen molar-refractivity contribution in [3.8, 4) is 5.75 Å². The van der Waals surface area contributed by atoms with Crippen LogP contribution < -0.4 is 10.0 Å². The molecule has 0 saturated carbocycles. The van der Waals surface area contributed by atoms with Gasteiger partial charge in [0.1, 0.15) is 5.75 Å². The molecule has 0 aliphatic heterocycles. The number of hydrogen-bond donors (Lipinski definition) is 0. The van der Waals surface area contributed by atoms with E-state index in [-0.39, 0.29) is 11.9 Å². The summed E-state index contributed by atoms with van der Waals surface area (Å²) < 4.78 is 11.8. The normalized spacial score (nSPS) is 13.3. The van der Waals surface area contributed by atoms with Gasteiger partial charge < -0.3 is 9.47 Å². The Labute approximate surface area is 226 Å². The predicted molar refractivity (Wildman–Crippen MR) is 162 cm³/mol. The largest absolute Gasteiger partial charge is 0.467 e. The maximum Gasteiger partial charge on any atom is 0.188 e. The molecule has 2 unspecified atom stereocenters. The van der Waals surface area contributed by atoms with Crippen molar-refractivity contribution in [1.82, 2.24) is 0 Å². The first-order chi connectivity index (χ1) is 18.0. The summed E-state index contributed by atoms with van der Waals surface area (Å²) in [7, 11) is 4.17. The van der Waals surface area contributed by atoms with Gasteiger partial charge in [0.25, 0.3) is 0 Å². The highest BCUT2D eigenvalue weighted by molar-refractivity contribution is 7.49. The lowest BCUT2D eigenvalue weighted by Gasteiger charge is -2.36. The third-order valence-electron chi connectivity index (χ3n) is 7.50. The average Bonchev–Trinajstić information content (AvgIpc) is 2.93. The number of benzene rings is 3. The Balaban J connectivity index is 2.19. The monoisotopic (exact) mass is 517 g/mol. The van der Waals surface area contributed by atoms with Gasteiger partial charge in [0.05, 0.1) is 5.71 Å². The van der Waals surface area contributed by atoms with Crippen molar-refractivity contribution in [3.05, 3.63) is 94.5 Å². The van der Waals surface area contributed by atoms with Crippen LogP contribution in [0.4, 0.5) is 0 Å².